The second kappa shape index (κ2) is 18.2. The van der Waals surface area contributed by atoms with E-state index in [-0.39, 0.29) is 29.4 Å². The number of hydrogen-bond donors (Lipinski definition) is 1. The summed E-state index contributed by atoms with van der Waals surface area (Å²) in [5.74, 6) is -0.137. The summed E-state index contributed by atoms with van der Waals surface area (Å²) in [6.45, 7) is 25.0. The summed E-state index contributed by atoms with van der Waals surface area (Å²) in [6.07, 6.45) is 7.07. The summed E-state index contributed by atoms with van der Waals surface area (Å²) in [5, 5.41) is 3.18. The van der Waals surface area contributed by atoms with Gasteiger partial charge >= 0.3 is 12.1 Å². The van der Waals surface area contributed by atoms with Crippen molar-refractivity contribution in [2.75, 3.05) is 39.4 Å². The maximum absolute atomic E-state index is 13.8. The van der Waals surface area contributed by atoms with E-state index in [9.17, 15) is 19.2 Å². The average molecular weight is 747 g/mol. The van der Waals surface area contributed by atoms with Crippen LogP contribution in [0.5, 0.6) is 5.75 Å². The first kappa shape index (κ1) is 43.2. The Bertz CT molecular complexity index is 1360. The molecule has 2 saturated heterocycles. The van der Waals surface area contributed by atoms with Crippen molar-refractivity contribution in [1.82, 2.24) is 20.1 Å². The van der Waals surface area contributed by atoms with Gasteiger partial charge in [-0.1, -0.05) is 20.8 Å². The van der Waals surface area contributed by atoms with Gasteiger partial charge in [0, 0.05) is 38.8 Å². The minimum atomic E-state index is -1.92. The summed E-state index contributed by atoms with van der Waals surface area (Å²) in [7, 11) is -1.92. The second-order valence-corrected chi connectivity index (χ2v) is 22.7. The Morgan fingerprint density at radius 1 is 0.885 bits per heavy atom. The van der Waals surface area contributed by atoms with E-state index >= 15 is 0 Å². The van der Waals surface area contributed by atoms with Crippen LogP contribution in [0.25, 0.3) is 0 Å². The van der Waals surface area contributed by atoms with Crippen LogP contribution in [0, 0.1) is 11.8 Å². The fourth-order valence-corrected chi connectivity index (χ4v) is 7.13. The zero-order chi connectivity index (χ0) is 38.9. The van der Waals surface area contributed by atoms with Gasteiger partial charge in [0.2, 0.25) is 11.8 Å². The lowest BCUT2D eigenvalue weighted by Crippen LogP contribution is -2.46. The molecule has 0 aliphatic carbocycles. The molecule has 1 N–H and O–H groups in total. The Kier molecular flexibility index (Phi) is 15.1. The van der Waals surface area contributed by atoms with Gasteiger partial charge in [0.05, 0.1) is 31.2 Å². The maximum Gasteiger partial charge on any atom is 0.410 e. The molecule has 0 unspecified atom stereocenters. The van der Waals surface area contributed by atoms with E-state index in [0.29, 0.717) is 69.5 Å². The molecule has 52 heavy (non-hydrogen) atoms. The molecular weight excluding hydrogens is 681 g/mol. The number of amides is 3. The number of aromatic nitrogens is 1. The van der Waals surface area contributed by atoms with Crippen LogP contribution in [0.1, 0.15) is 119 Å². The van der Waals surface area contributed by atoms with Crippen LogP contribution in [0.3, 0.4) is 0 Å². The molecule has 2 atom stereocenters. The van der Waals surface area contributed by atoms with Crippen LogP contribution in [-0.4, -0.2) is 97.6 Å². The van der Waals surface area contributed by atoms with Gasteiger partial charge in [0.1, 0.15) is 23.6 Å². The van der Waals surface area contributed by atoms with Gasteiger partial charge in [-0.2, -0.15) is 0 Å². The predicted molar refractivity (Wildman–Crippen MR) is 203 cm³/mol. The lowest BCUT2D eigenvalue weighted by molar-refractivity contribution is -0.155. The fraction of sp³-hybridized carbons (Fsp3) is 0.769. The molecule has 0 radical (unpaired) electrons. The maximum atomic E-state index is 13.8. The number of carbonyl (C=O) groups is 4. The largest absolute Gasteiger partial charge is 0.490 e. The fourth-order valence-electron chi connectivity index (χ4n) is 6.10. The minimum Gasteiger partial charge on any atom is -0.490 e. The van der Waals surface area contributed by atoms with Gasteiger partial charge in [-0.15, -0.1) is 0 Å². The first-order valence-corrected chi connectivity index (χ1v) is 21.9. The number of rotatable bonds is 13. The number of nitrogens with zero attached hydrogens (tertiary/aromatic N) is 3. The molecule has 1 aromatic heterocycles. The van der Waals surface area contributed by atoms with E-state index in [4.69, 9.17) is 18.6 Å². The molecule has 294 valence electrons. The topological polar surface area (TPSA) is 137 Å². The molecule has 13 heteroatoms. The summed E-state index contributed by atoms with van der Waals surface area (Å²) >= 11 is 0. The van der Waals surface area contributed by atoms with Gasteiger partial charge in [0.15, 0.2) is 8.32 Å². The lowest BCUT2D eigenvalue weighted by Gasteiger charge is -2.36. The average Bonchev–Trinajstić information content (AvgIpc) is 3.03. The number of hydrogen-bond acceptors (Lipinski definition) is 9. The Labute approximate surface area is 313 Å². The van der Waals surface area contributed by atoms with E-state index in [0.717, 1.165) is 25.7 Å². The number of carbonyl (C=O) groups excluding carboxylic acids is 4. The van der Waals surface area contributed by atoms with E-state index in [1.54, 1.807) is 49.0 Å². The van der Waals surface area contributed by atoms with Crippen molar-refractivity contribution in [3.63, 3.8) is 0 Å². The van der Waals surface area contributed by atoms with Crippen LogP contribution in [-0.2, 0) is 28.3 Å². The molecule has 0 saturated carbocycles. The third kappa shape index (κ3) is 14.3. The first-order valence-electron chi connectivity index (χ1n) is 19.0. The zero-order valence-electron chi connectivity index (χ0n) is 33.8. The molecule has 1 aromatic rings. The highest BCUT2D eigenvalue weighted by Gasteiger charge is 2.37. The Morgan fingerprint density at radius 2 is 1.54 bits per heavy atom. The molecule has 0 bridgehead atoms. The van der Waals surface area contributed by atoms with E-state index in [1.807, 2.05) is 20.8 Å². The number of piperidine rings is 2. The molecule has 12 nitrogen and oxygen atoms in total. The minimum absolute atomic E-state index is 0.0453. The van der Waals surface area contributed by atoms with Gasteiger partial charge in [-0.3, -0.25) is 19.4 Å². The number of likely N-dealkylation sites (tertiary alicyclic amines) is 2. The highest BCUT2D eigenvalue weighted by molar-refractivity contribution is 6.74. The van der Waals surface area contributed by atoms with Crippen molar-refractivity contribution in [2.24, 2.45) is 11.8 Å². The van der Waals surface area contributed by atoms with Gasteiger partial charge in [-0.25, -0.2) is 4.79 Å². The van der Waals surface area contributed by atoms with Crippen LogP contribution in [0.15, 0.2) is 18.5 Å². The van der Waals surface area contributed by atoms with Crippen molar-refractivity contribution in [3.05, 3.63) is 24.0 Å². The highest BCUT2D eigenvalue weighted by atomic mass is 28.4. The molecule has 3 heterocycles. The summed E-state index contributed by atoms with van der Waals surface area (Å²) < 4.78 is 23.3. The summed E-state index contributed by atoms with van der Waals surface area (Å²) in [6, 6.07) is 1.10. The van der Waals surface area contributed by atoms with Gasteiger partial charge < -0.3 is 33.8 Å². The van der Waals surface area contributed by atoms with Crippen LogP contribution < -0.4 is 10.1 Å². The van der Waals surface area contributed by atoms with E-state index < -0.39 is 37.4 Å². The number of pyridine rings is 1. The standard InChI is InChI=1S/C39H66N4O8Si/c1-37(2,3)50-34(45)24-32(30-23-31(26-40-25-30)48-21-22-49-52(10,11)39(7,8)9)41-35(46)29-13-12-18-43(27-29)33(44)15-14-28-16-19-42(20-17-28)36(47)51-38(4,5)6/h23,25-26,28-29,32H,12-22,24,27H2,1-11H3,(H,41,46)/t29-,32+/m1/s1. The quantitative estimate of drug-likeness (QED) is 0.128. The lowest BCUT2D eigenvalue weighted by atomic mass is 9.91. The zero-order valence-corrected chi connectivity index (χ0v) is 34.8. The number of ether oxygens (including phenoxy) is 3. The van der Waals surface area contributed by atoms with Crippen molar-refractivity contribution in [2.45, 2.75) is 143 Å². The van der Waals surface area contributed by atoms with Crippen LogP contribution in [0.4, 0.5) is 4.79 Å². The van der Waals surface area contributed by atoms with Gasteiger partial charge in [0.25, 0.3) is 0 Å². The van der Waals surface area contributed by atoms with Gasteiger partial charge in [-0.05, 0) is 109 Å². The van der Waals surface area contributed by atoms with Crippen molar-refractivity contribution in [1.29, 1.82) is 0 Å². The third-order valence-electron chi connectivity index (χ3n) is 10.0. The van der Waals surface area contributed by atoms with Crippen molar-refractivity contribution < 1.29 is 37.8 Å². The normalized spacial score (nSPS) is 18.4. The first-order chi connectivity index (χ1) is 24.0. The van der Waals surface area contributed by atoms with Crippen molar-refractivity contribution in [3.8, 4) is 5.75 Å². The SMILES string of the molecule is CC(C)(C)OC(=O)C[C@H](NC(=O)[C@@H]1CCCN(C(=O)CCC2CCN(C(=O)OC(C)(C)C)CC2)C1)c1cncc(OCCO[Si](C)(C)C(C)(C)C)c1. The Hall–Kier alpha value is -3.19. The highest BCUT2D eigenvalue weighted by Crippen LogP contribution is 2.36. The second-order valence-electron chi connectivity index (χ2n) is 17.9. The van der Waals surface area contributed by atoms with Crippen LogP contribution >= 0.6 is 0 Å². The molecule has 0 aromatic carbocycles. The molecule has 2 aliphatic rings. The molecular formula is C39H66N4O8Si. The van der Waals surface area contributed by atoms with E-state index in [1.165, 1.54) is 0 Å². The molecule has 2 aliphatic heterocycles. The molecule has 2 fully saturated rings. The molecule has 3 rings (SSSR count). The van der Waals surface area contributed by atoms with E-state index in [2.05, 4.69) is 44.2 Å². The summed E-state index contributed by atoms with van der Waals surface area (Å²) in [4.78, 5) is 60.4. The monoisotopic (exact) mass is 746 g/mol. The number of nitrogens with one attached hydrogen (secondary N) is 1. The molecule has 3 amide bonds. The Morgan fingerprint density at radius 3 is 2.15 bits per heavy atom. The molecule has 0 spiro atoms. The smallest absolute Gasteiger partial charge is 0.410 e. The summed E-state index contributed by atoms with van der Waals surface area (Å²) in [5.41, 5.74) is -0.581. The number of esters is 1. The Balaban J connectivity index is 1.58. The van der Waals surface area contributed by atoms with Crippen molar-refractivity contribution >= 4 is 32.2 Å². The predicted octanol–water partition coefficient (Wildman–Crippen LogP) is 7.04. The van der Waals surface area contributed by atoms with Crippen LogP contribution in [0.2, 0.25) is 18.1 Å². The third-order valence-corrected chi connectivity index (χ3v) is 14.6.